The first-order valence-electron chi connectivity index (χ1n) is 6.22. The zero-order chi connectivity index (χ0) is 15.1. The van der Waals surface area contributed by atoms with Crippen LogP contribution >= 0.6 is 0 Å². The minimum absolute atomic E-state index is 0.141. The van der Waals surface area contributed by atoms with Crippen LogP contribution in [0.5, 0.6) is 0 Å². The minimum atomic E-state index is -1.36. The zero-order valence-corrected chi connectivity index (χ0v) is 10.8. The third-order valence-corrected chi connectivity index (χ3v) is 4.11. The molecule has 1 fully saturated rings. The van der Waals surface area contributed by atoms with E-state index >= 15 is 0 Å². The Bertz CT molecular complexity index is 545. The maximum absolute atomic E-state index is 11.7. The van der Waals surface area contributed by atoms with Crippen molar-refractivity contribution < 1.29 is 34.1 Å². The van der Waals surface area contributed by atoms with Gasteiger partial charge in [0.2, 0.25) is 0 Å². The molecule has 2 rings (SSSR count). The largest absolute Gasteiger partial charge is 0.478 e. The predicted octanol–water partition coefficient (Wildman–Crippen LogP) is 0.732. The number of carboxylic acid groups (broad SMARTS) is 2. The van der Waals surface area contributed by atoms with Crippen molar-refractivity contribution >= 4 is 23.9 Å². The summed E-state index contributed by atoms with van der Waals surface area (Å²) in [5.41, 5.74) is -1.67. The summed E-state index contributed by atoms with van der Waals surface area (Å²) in [6, 6.07) is 0. The van der Waals surface area contributed by atoms with Crippen LogP contribution in [0.25, 0.3) is 0 Å². The molecule has 0 saturated carbocycles. The van der Waals surface area contributed by atoms with Gasteiger partial charge < -0.3 is 14.9 Å². The summed E-state index contributed by atoms with van der Waals surface area (Å²) >= 11 is 0. The van der Waals surface area contributed by atoms with Crippen molar-refractivity contribution in [2.45, 2.75) is 32.6 Å². The molecule has 20 heavy (non-hydrogen) atoms. The van der Waals surface area contributed by atoms with Crippen LogP contribution in [0.15, 0.2) is 11.1 Å². The smallest absolute Gasteiger partial charge is 0.332 e. The Labute approximate surface area is 114 Å². The number of aliphatic carboxylic acids is 2. The summed E-state index contributed by atoms with van der Waals surface area (Å²) in [5.74, 6) is -5.07. The van der Waals surface area contributed by atoms with E-state index in [4.69, 9.17) is 5.11 Å². The number of hydrogen-bond donors (Lipinski definition) is 2. The second-order valence-corrected chi connectivity index (χ2v) is 5.28. The average molecular weight is 282 g/mol. The van der Waals surface area contributed by atoms with Gasteiger partial charge >= 0.3 is 23.9 Å². The number of rotatable bonds is 3. The normalized spacial score (nSPS) is 30.4. The minimum Gasteiger partial charge on any atom is -0.478 e. The van der Waals surface area contributed by atoms with Crippen molar-refractivity contribution in [3.8, 4) is 0 Å². The van der Waals surface area contributed by atoms with E-state index in [2.05, 4.69) is 4.74 Å². The first-order valence-corrected chi connectivity index (χ1v) is 6.22. The highest BCUT2D eigenvalue weighted by Crippen LogP contribution is 2.49. The molecule has 1 aliphatic carbocycles. The van der Waals surface area contributed by atoms with Gasteiger partial charge in [-0.1, -0.05) is 6.92 Å². The molecule has 0 radical (unpaired) electrons. The molecule has 1 aliphatic heterocycles. The highest BCUT2D eigenvalue weighted by molar-refractivity contribution is 6.02. The van der Waals surface area contributed by atoms with Crippen molar-refractivity contribution in [2.75, 3.05) is 0 Å². The van der Waals surface area contributed by atoms with Gasteiger partial charge in [0.15, 0.2) is 0 Å². The number of carbonyl (C=O) groups is 4. The number of ether oxygens (including phenoxy) is 1. The maximum Gasteiger partial charge on any atom is 0.332 e. The molecule has 7 heteroatoms. The second-order valence-electron chi connectivity index (χ2n) is 5.28. The number of carboxylic acids is 2. The SMILES string of the molecule is CC1(C2CC(=O)OC2=O)CCCC(C(=O)O)=C1C(=O)O. The van der Waals surface area contributed by atoms with Gasteiger partial charge in [-0.05, 0) is 19.3 Å². The van der Waals surface area contributed by atoms with Gasteiger partial charge in [0.25, 0.3) is 0 Å². The third kappa shape index (κ3) is 2.09. The van der Waals surface area contributed by atoms with Gasteiger partial charge in [0, 0.05) is 11.0 Å². The van der Waals surface area contributed by atoms with E-state index < -0.39 is 35.2 Å². The van der Waals surface area contributed by atoms with Gasteiger partial charge in [0.05, 0.1) is 17.9 Å². The molecular weight excluding hydrogens is 268 g/mol. The quantitative estimate of drug-likeness (QED) is 0.578. The van der Waals surface area contributed by atoms with Crippen LogP contribution in [0.2, 0.25) is 0 Å². The first kappa shape index (κ1) is 14.2. The second kappa shape index (κ2) is 4.73. The third-order valence-electron chi connectivity index (χ3n) is 4.11. The Balaban J connectivity index is 2.55. The van der Waals surface area contributed by atoms with Crippen LogP contribution in [0, 0.1) is 11.3 Å². The van der Waals surface area contributed by atoms with Gasteiger partial charge in [-0.15, -0.1) is 0 Å². The fraction of sp³-hybridized carbons (Fsp3) is 0.538. The van der Waals surface area contributed by atoms with Crippen LogP contribution in [0.4, 0.5) is 0 Å². The van der Waals surface area contributed by atoms with Crippen LogP contribution in [0.3, 0.4) is 0 Å². The lowest BCUT2D eigenvalue weighted by Gasteiger charge is -2.37. The lowest BCUT2D eigenvalue weighted by molar-refractivity contribution is -0.154. The monoisotopic (exact) mass is 282 g/mol. The summed E-state index contributed by atoms with van der Waals surface area (Å²) in [5, 5.41) is 18.5. The molecule has 1 saturated heterocycles. The van der Waals surface area contributed by atoms with Crippen LogP contribution < -0.4 is 0 Å². The molecule has 2 atom stereocenters. The Morgan fingerprint density at radius 2 is 1.90 bits per heavy atom. The molecule has 108 valence electrons. The van der Waals surface area contributed by atoms with Crippen LogP contribution in [-0.4, -0.2) is 34.1 Å². The van der Waals surface area contributed by atoms with Gasteiger partial charge in [-0.2, -0.15) is 0 Å². The average Bonchev–Trinajstić information content (AvgIpc) is 2.68. The Kier molecular flexibility index (Phi) is 3.37. The molecule has 0 spiro atoms. The van der Waals surface area contributed by atoms with Crippen LogP contribution in [0.1, 0.15) is 32.6 Å². The predicted molar refractivity (Wildman–Crippen MR) is 63.5 cm³/mol. The molecule has 2 aliphatic rings. The van der Waals surface area contributed by atoms with E-state index in [1.54, 1.807) is 0 Å². The van der Waals surface area contributed by atoms with Crippen molar-refractivity contribution in [2.24, 2.45) is 11.3 Å². The molecule has 0 aromatic heterocycles. The summed E-state index contributed by atoms with van der Waals surface area (Å²) < 4.78 is 4.48. The Morgan fingerprint density at radius 1 is 1.25 bits per heavy atom. The molecular formula is C13H14O7. The number of esters is 2. The Morgan fingerprint density at radius 3 is 2.35 bits per heavy atom. The molecule has 2 unspecified atom stereocenters. The summed E-state index contributed by atoms with van der Waals surface area (Å²) in [6.45, 7) is 1.52. The Hall–Kier alpha value is -2.18. The molecule has 0 bridgehead atoms. The maximum atomic E-state index is 11.7. The fourth-order valence-corrected chi connectivity index (χ4v) is 3.12. The van der Waals surface area contributed by atoms with E-state index in [1.807, 2.05) is 0 Å². The van der Waals surface area contributed by atoms with Crippen molar-refractivity contribution in [3.05, 3.63) is 11.1 Å². The van der Waals surface area contributed by atoms with Gasteiger partial charge in [0.1, 0.15) is 0 Å². The first-order chi connectivity index (χ1) is 9.27. The molecule has 7 nitrogen and oxygen atoms in total. The van der Waals surface area contributed by atoms with Crippen molar-refractivity contribution in [3.63, 3.8) is 0 Å². The van der Waals surface area contributed by atoms with E-state index in [0.717, 1.165) is 0 Å². The zero-order valence-electron chi connectivity index (χ0n) is 10.8. The number of carbonyl (C=O) groups excluding carboxylic acids is 2. The lowest BCUT2D eigenvalue weighted by atomic mass is 9.63. The standard InChI is InChI=1S/C13H14O7/c1-13(7-5-8(14)20-12(7)19)4-2-3-6(10(15)16)9(13)11(17)18/h7H,2-5H2,1H3,(H,15,16)(H,17,18). The summed E-state index contributed by atoms with van der Waals surface area (Å²) in [6.07, 6.45) is 0.715. The molecule has 1 heterocycles. The molecule has 0 amide bonds. The number of cyclic esters (lactones) is 2. The molecule has 0 aromatic rings. The highest BCUT2D eigenvalue weighted by atomic mass is 16.6. The van der Waals surface area contributed by atoms with Gasteiger partial charge in [-0.3, -0.25) is 9.59 Å². The van der Waals surface area contributed by atoms with Crippen molar-refractivity contribution in [1.29, 1.82) is 0 Å². The number of hydrogen-bond acceptors (Lipinski definition) is 5. The van der Waals surface area contributed by atoms with Crippen LogP contribution in [-0.2, 0) is 23.9 Å². The summed E-state index contributed by atoms with van der Waals surface area (Å²) in [7, 11) is 0. The fourth-order valence-electron chi connectivity index (χ4n) is 3.12. The lowest BCUT2D eigenvalue weighted by Crippen LogP contribution is -2.39. The molecule has 2 N–H and O–H groups in total. The summed E-state index contributed by atoms with van der Waals surface area (Å²) in [4.78, 5) is 45.6. The van der Waals surface area contributed by atoms with E-state index in [0.29, 0.717) is 12.8 Å². The van der Waals surface area contributed by atoms with E-state index in [-0.39, 0.29) is 24.0 Å². The van der Waals surface area contributed by atoms with Crippen molar-refractivity contribution in [1.82, 2.24) is 0 Å². The molecule has 0 aromatic carbocycles. The van der Waals surface area contributed by atoms with E-state index in [9.17, 15) is 24.3 Å². The topological polar surface area (TPSA) is 118 Å². The highest BCUT2D eigenvalue weighted by Gasteiger charge is 2.52. The van der Waals surface area contributed by atoms with E-state index in [1.165, 1.54) is 6.92 Å². The van der Waals surface area contributed by atoms with Gasteiger partial charge in [-0.25, -0.2) is 9.59 Å².